The summed E-state index contributed by atoms with van der Waals surface area (Å²) >= 11 is 0. The van der Waals surface area contributed by atoms with E-state index in [9.17, 15) is 9.59 Å². The Morgan fingerprint density at radius 1 is 1.04 bits per heavy atom. The van der Waals surface area contributed by atoms with Gasteiger partial charge in [0.05, 0.1) is 5.69 Å². The minimum absolute atomic E-state index is 0.135. The van der Waals surface area contributed by atoms with Crippen LogP contribution in [-0.2, 0) is 19.1 Å². The van der Waals surface area contributed by atoms with Gasteiger partial charge in [-0.2, -0.15) is 0 Å². The summed E-state index contributed by atoms with van der Waals surface area (Å²) in [6.45, 7) is 4.89. The molecular formula is C20H23N3O4. The molecule has 7 heteroatoms. The number of ether oxygens (including phenoxy) is 2. The fourth-order valence-corrected chi connectivity index (χ4v) is 2.84. The largest absolute Gasteiger partial charge is 0.419 e. The smallest absolute Gasteiger partial charge is 0.348 e. The number of benzene rings is 1. The van der Waals surface area contributed by atoms with E-state index in [1.807, 2.05) is 38.4 Å². The Morgan fingerprint density at radius 3 is 2.26 bits per heavy atom. The first-order valence-corrected chi connectivity index (χ1v) is 8.72. The van der Waals surface area contributed by atoms with Crippen molar-refractivity contribution in [1.82, 2.24) is 9.80 Å². The second kappa shape index (κ2) is 7.26. The van der Waals surface area contributed by atoms with Crippen LogP contribution < -0.4 is 0 Å². The summed E-state index contributed by atoms with van der Waals surface area (Å²) in [6, 6.07) is 7.67. The molecule has 2 saturated heterocycles. The van der Waals surface area contributed by atoms with Crippen LogP contribution in [0.4, 0.5) is 5.69 Å². The minimum Gasteiger partial charge on any atom is -0.419 e. The Hall–Kier alpha value is -3.09. The van der Waals surface area contributed by atoms with Gasteiger partial charge in [0.15, 0.2) is 0 Å². The lowest BCUT2D eigenvalue weighted by Gasteiger charge is -2.29. The van der Waals surface area contributed by atoms with Gasteiger partial charge in [-0.1, -0.05) is 30.4 Å². The summed E-state index contributed by atoms with van der Waals surface area (Å²) in [5.41, 5.74) is 1.54. The molecule has 3 rings (SSSR count). The Labute approximate surface area is 158 Å². The monoisotopic (exact) mass is 369 g/mol. The second-order valence-electron chi connectivity index (χ2n) is 6.93. The van der Waals surface area contributed by atoms with Crippen LogP contribution in [0, 0.1) is 0 Å². The molecule has 1 aromatic carbocycles. The number of guanidine groups is 1. The first-order chi connectivity index (χ1) is 12.8. The highest BCUT2D eigenvalue weighted by Crippen LogP contribution is 2.24. The third kappa shape index (κ3) is 4.19. The molecule has 2 aliphatic heterocycles. The molecule has 1 aromatic rings. The normalized spacial score (nSPS) is 19.4. The van der Waals surface area contributed by atoms with Crippen molar-refractivity contribution >= 4 is 29.7 Å². The van der Waals surface area contributed by atoms with E-state index in [-0.39, 0.29) is 5.57 Å². The SMILES string of the molecule is CN1CCN(C)C1=Nc1ccccc1/C=C/C=C1C(=O)OC(C)(C)OC1=O. The first kappa shape index (κ1) is 18.7. The topological polar surface area (TPSA) is 71.4 Å². The van der Waals surface area contributed by atoms with Crippen molar-refractivity contribution < 1.29 is 19.1 Å². The molecule has 0 saturated carbocycles. The number of para-hydroxylation sites is 1. The highest BCUT2D eigenvalue weighted by Gasteiger charge is 2.38. The number of carbonyl (C=O) groups is 2. The lowest BCUT2D eigenvalue weighted by Crippen LogP contribution is -2.41. The van der Waals surface area contributed by atoms with Gasteiger partial charge in [0, 0.05) is 46.6 Å². The average molecular weight is 369 g/mol. The van der Waals surface area contributed by atoms with Crippen molar-refractivity contribution in [2.75, 3.05) is 27.2 Å². The molecule has 0 spiro atoms. The number of nitrogens with zero attached hydrogens (tertiary/aromatic N) is 3. The van der Waals surface area contributed by atoms with Gasteiger partial charge in [-0.3, -0.25) is 0 Å². The number of likely N-dealkylation sites (N-methyl/N-ethyl adjacent to an activating group) is 2. The van der Waals surface area contributed by atoms with Crippen LogP contribution in [-0.4, -0.2) is 60.7 Å². The number of rotatable bonds is 3. The summed E-state index contributed by atoms with van der Waals surface area (Å²) in [6.07, 6.45) is 4.82. The summed E-state index contributed by atoms with van der Waals surface area (Å²) in [5, 5.41) is 0. The highest BCUT2D eigenvalue weighted by molar-refractivity contribution is 6.15. The minimum atomic E-state index is -1.24. The standard InChI is InChI=1S/C20H23N3O4/c1-20(2)26-17(24)15(18(25)27-20)10-7-9-14-8-5-6-11-16(14)21-19-22(3)12-13-23(19)4/h5-11H,12-13H2,1-4H3/b9-7+. The van der Waals surface area contributed by atoms with E-state index in [2.05, 4.69) is 9.80 Å². The fourth-order valence-electron chi connectivity index (χ4n) is 2.84. The van der Waals surface area contributed by atoms with Crippen LogP contribution in [0.5, 0.6) is 0 Å². The number of hydrogen-bond donors (Lipinski definition) is 0. The third-order valence-corrected chi connectivity index (χ3v) is 4.27. The summed E-state index contributed by atoms with van der Waals surface area (Å²) in [7, 11) is 4.01. The van der Waals surface area contributed by atoms with Crippen molar-refractivity contribution in [1.29, 1.82) is 0 Å². The van der Waals surface area contributed by atoms with E-state index >= 15 is 0 Å². The molecule has 7 nitrogen and oxygen atoms in total. The zero-order chi connectivity index (χ0) is 19.6. The van der Waals surface area contributed by atoms with Crippen molar-refractivity contribution in [3.05, 3.63) is 47.6 Å². The first-order valence-electron chi connectivity index (χ1n) is 8.72. The van der Waals surface area contributed by atoms with Gasteiger partial charge in [-0.25, -0.2) is 14.6 Å². The van der Waals surface area contributed by atoms with E-state index < -0.39 is 17.7 Å². The molecule has 2 fully saturated rings. The average Bonchev–Trinajstić information content (AvgIpc) is 2.89. The van der Waals surface area contributed by atoms with Gasteiger partial charge in [-0.05, 0) is 12.1 Å². The van der Waals surface area contributed by atoms with Gasteiger partial charge >= 0.3 is 11.9 Å². The molecular weight excluding hydrogens is 346 g/mol. The molecule has 0 N–H and O–H groups in total. The number of aliphatic imine (C=N–C) groups is 1. The second-order valence-corrected chi connectivity index (χ2v) is 6.93. The molecule has 0 atom stereocenters. The van der Waals surface area contributed by atoms with Crippen LogP contribution in [0.25, 0.3) is 6.08 Å². The zero-order valence-electron chi connectivity index (χ0n) is 15.9. The number of esters is 2. The Balaban J connectivity index is 1.84. The highest BCUT2D eigenvalue weighted by atomic mass is 16.7. The van der Waals surface area contributed by atoms with Crippen LogP contribution in [0.3, 0.4) is 0 Å². The zero-order valence-corrected chi connectivity index (χ0v) is 15.9. The summed E-state index contributed by atoms with van der Waals surface area (Å²) in [4.78, 5) is 32.9. The summed E-state index contributed by atoms with van der Waals surface area (Å²) in [5.74, 6) is -1.72. The molecule has 0 unspecified atom stereocenters. The Morgan fingerprint density at radius 2 is 1.63 bits per heavy atom. The van der Waals surface area contributed by atoms with Crippen molar-refractivity contribution in [3.63, 3.8) is 0 Å². The van der Waals surface area contributed by atoms with Gasteiger partial charge in [0.1, 0.15) is 5.57 Å². The quantitative estimate of drug-likeness (QED) is 0.463. The van der Waals surface area contributed by atoms with Gasteiger partial charge in [-0.15, -0.1) is 0 Å². The molecule has 27 heavy (non-hydrogen) atoms. The van der Waals surface area contributed by atoms with Crippen molar-refractivity contribution in [2.45, 2.75) is 19.6 Å². The number of hydrogen-bond acceptors (Lipinski definition) is 5. The molecule has 2 aliphatic rings. The van der Waals surface area contributed by atoms with E-state index in [4.69, 9.17) is 14.5 Å². The van der Waals surface area contributed by atoms with Crippen LogP contribution in [0.15, 0.2) is 47.0 Å². The lowest BCUT2D eigenvalue weighted by atomic mass is 10.1. The molecule has 0 aromatic heterocycles. The third-order valence-electron chi connectivity index (χ3n) is 4.27. The molecule has 142 valence electrons. The maximum atomic E-state index is 12.0. The van der Waals surface area contributed by atoms with E-state index in [0.29, 0.717) is 0 Å². The number of cyclic esters (lactones) is 2. The maximum Gasteiger partial charge on any atom is 0.348 e. The molecule has 2 heterocycles. The van der Waals surface area contributed by atoms with Gasteiger partial charge in [0.25, 0.3) is 5.79 Å². The predicted octanol–water partition coefficient (Wildman–Crippen LogP) is 2.33. The molecule has 0 aliphatic carbocycles. The maximum absolute atomic E-state index is 12.0. The van der Waals surface area contributed by atoms with Gasteiger partial charge in [0.2, 0.25) is 5.96 Å². The lowest BCUT2D eigenvalue weighted by molar-refractivity contribution is -0.222. The van der Waals surface area contributed by atoms with E-state index in [0.717, 1.165) is 30.3 Å². The summed E-state index contributed by atoms with van der Waals surface area (Å²) < 4.78 is 10.2. The Kier molecular flexibility index (Phi) is 5.03. The van der Waals surface area contributed by atoms with Crippen molar-refractivity contribution in [3.8, 4) is 0 Å². The van der Waals surface area contributed by atoms with Crippen LogP contribution >= 0.6 is 0 Å². The van der Waals surface area contributed by atoms with E-state index in [1.54, 1.807) is 12.2 Å². The Bertz CT molecular complexity index is 821. The fraction of sp³-hybridized carbons (Fsp3) is 0.350. The van der Waals surface area contributed by atoms with Crippen LogP contribution in [0.1, 0.15) is 19.4 Å². The molecule has 0 amide bonds. The van der Waals surface area contributed by atoms with Crippen molar-refractivity contribution in [2.24, 2.45) is 4.99 Å². The number of allylic oxidation sites excluding steroid dienone is 2. The van der Waals surface area contributed by atoms with Gasteiger partial charge < -0.3 is 19.3 Å². The van der Waals surface area contributed by atoms with Crippen LogP contribution in [0.2, 0.25) is 0 Å². The number of carbonyl (C=O) groups excluding carboxylic acids is 2. The van der Waals surface area contributed by atoms with E-state index in [1.165, 1.54) is 19.9 Å². The predicted molar refractivity (Wildman–Crippen MR) is 102 cm³/mol. The molecule has 0 radical (unpaired) electrons. The molecule has 0 bridgehead atoms.